The summed E-state index contributed by atoms with van der Waals surface area (Å²) in [6.07, 6.45) is 1.30. The minimum absolute atomic E-state index is 0.287. The summed E-state index contributed by atoms with van der Waals surface area (Å²) >= 11 is 0. The van der Waals surface area contributed by atoms with E-state index in [2.05, 4.69) is 9.97 Å². The first-order valence-corrected chi connectivity index (χ1v) is 3.47. The Balaban J connectivity index is 2.81. The molecule has 0 amide bonds. The van der Waals surface area contributed by atoms with Crippen molar-refractivity contribution >= 4 is 5.97 Å². The Bertz CT molecular complexity index is 285. The van der Waals surface area contributed by atoms with Crippen LogP contribution in [0.3, 0.4) is 0 Å². The lowest BCUT2D eigenvalue weighted by atomic mass is 10.2. The molecular formula is C7H9FN2O2. The molecule has 0 aliphatic carbocycles. The highest BCUT2D eigenvalue weighted by Crippen LogP contribution is 2.11. The van der Waals surface area contributed by atoms with E-state index in [0.717, 1.165) is 0 Å². The Labute approximate surface area is 68.4 Å². The number of aromatic nitrogens is 2. The molecule has 4 nitrogen and oxygen atoms in total. The highest BCUT2D eigenvalue weighted by Gasteiger charge is 2.16. The lowest BCUT2D eigenvalue weighted by Gasteiger charge is -1.99. The van der Waals surface area contributed by atoms with Gasteiger partial charge in [0.25, 0.3) is 0 Å². The van der Waals surface area contributed by atoms with Crippen molar-refractivity contribution in [2.45, 2.75) is 19.5 Å². The number of H-pyrrole nitrogens is 1. The summed E-state index contributed by atoms with van der Waals surface area (Å²) in [4.78, 5) is 16.8. The summed E-state index contributed by atoms with van der Waals surface area (Å²) < 4.78 is 12.0. The topological polar surface area (TPSA) is 66.0 Å². The van der Waals surface area contributed by atoms with Crippen LogP contribution in [0.15, 0.2) is 6.20 Å². The monoisotopic (exact) mass is 172 g/mol. The third kappa shape index (κ3) is 1.61. The van der Waals surface area contributed by atoms with Gasteiger partial charge in [-0.05, 0) is 6.92 Å². The Morgan fingerprint density at radius 3 is 3.00 bits per heavy atom. The maximum absolute atomic E-state index is 12.0. The van der Waals surface area contributed by atoms with Crippen LogP contribution in [0.2, 0.25) is 0 Å². The third-order valence-corrected chi connectivity index (χ3v) is 1.57. The summed E-state index contributed by atoms with van der Waals surface area (Å²) in [6, 6.07) is 0. The van der Waals surface area contributed by atoms with E-state index >= 15 is 0 Å². The van der Waals surface area contributed by atoms with Gasteiger partial charge in [0.15, 0.2) is 0 Å². The van der Waals surface area contributed by atoms with Gasteiger partial charge in [-0.15, -0.1) is 0 Å². The van der Waals surface area contributed by atoms with Crippen molar-refractivity contribution in [2.24, 2.45) is 0 Å². The first-order chi connectivity index (χ1) is 5.65. The van der Waals surface area contributed by atoms with Gasteiger partial charge in [0.05, 0.1) is 11.9 Å². The lowest BCUT2D eigenvalue weighted by Crippen LogP contribution is -2.08. The number of aromatic amines is 1. The molecule has 0 spiro atoms. The van der Waals surface area contributed by atoms with Gasteiger partial charge in [0, 0.05) is 0 Å². The van der Waals surface area contributed by atoms with Gasteiger partial charge < -0.3 is 10.1 Å². The highest BCUT2D eigenvalue weighted by atomic mass is 19.1. The summed E-state index contributed by atoms with van der Waals surface area (Å²) in [5, 5.41) is 8.56. The minimum Gasteiger partial charge on any atom is -0.481 e. The lowest BCUT2D eigenvalue weighted by molar-refractivity contribution is -0.138. The maximum atomic E-state index is 12.0. The van der Waals surface area contributed by atoms with Crippen molar-refractivity contribution < 1.29 is 14.3 Å². The zero-order valence-electron chi connectivity index (χ0n) is 6.54. The van der Waals surface area contributed by atoms with Gasteiger partial charge in [-0.25, -0.2) is 9.37 Å². The number of carboxylic acids is 1. The van der Waals surface area contributed by atoms with E-state index in [1.54, 1.807) is 0 Å². The number of nitrogens with one attached hydrogen (secondary N) is 1. The number of alkyl halides is 1. The van der Waals surface area contributed by atoms with Crippen molar-refractivity contribution in [3.8, 4) is 0 Å². The Morgan fingerprint density at radius 2 is 2.58 bits per heavy atom. The maximum Gasteiger partial charge on any atom is 0.313 e. The molecule has 0 aromatic carbocycles. The quantitative estimate of drug-likeness (QED) is 0.716. The molecule has 5 heteroatoms. The molecule has 0 saturated carbocycles. The summed E-state index contributed by atoms with van der Waals surface area (Å²) in [6.45, 7) is 0.836. The molecular weight excluding hydrogens is 163 g/mol. The second-order valence-electron chi connectivity index (χ2n) is 2.49. The normalized spacial score (nSPS) is 12.8. The van der Waals surface area contributed by atoms with Gasteiger partial charge in [-0.2, -0.15) is 0 Å². The van der Waals surface area contributed by atoms with Gasteiger partial charge >= 0.3 is 5.97 Å². The average Bonchev–Trinajstić information content (AvgIpc) is 2.50. The molecule has 1 rings (SSSR count). The number of aliphatic carboxylic acids is 1. The summed E-state index contributed by atoms with van der Waals surface area (Å²) in [7, 11) is 0. The standard InChI is InChI=1S/C7H9FN2O2/c1-4(7(11)12)6-9-3-5(2-8)10-6/h3-4H,2H2,1H3,(H,9,10)(H,11,12). The summed E-state index contributed by atoms with van der Waals surface area (Å²) in [5.41, 5.74) is 0.304. The van der Waals surface area contributed by atoms with Crippen molar-refractivity contribution in [3.63, 3.8) is 0 Å². The fourth-order valence-corrected chi connectivity index (χ4v) is 0.781. The molecule has 1 aromatic rings. The van der Waals surface area contributed by atoms with E-state index in [0.29, 0.717) is 5.69 Å². The number of hydrogen-bond acceptors (Lipinski definition) is 2. The van der Waals surface area contributed by atoms with Crippen LogP contribution in [0.25, 0.3) is 0 Å². The number of carboxylic acid groups (broad SMARTS) is 1. The highest BCUT2D eigenvalue weighted by molar-refractivity contribution is 5.74. The molecule has 1 heterocycles. The van der Waals surface area contributed by atoms with Gasteiger partial charge in [0.2, 0.25) is 0 Å². The molecule has 0 bridgehead atoms. The first kappa shape index (κ1) is 8.70. The number of hydrogen-bond donors (Lipinski definition) is 2. The van der Waals surface area contributed by atoms with Crippen LogP contribution in [-0.2, 0) is 11.5 Å². The van der Waals surface area contributed by atoms with Crippen LogP contribution in [0.4, 0.5) is 4.39 Å². The largest absolute Gasteiger partial charge is 0.481 e. The second-order valence-corrected chi connectivity index (χ2v) is 2.49. The number of carbonyl (C=O) groups is 1. The number of imidazole rings is 1. The molecule has 1 aromatic heterocycles. The molecule has 0 aliphatic heterocycles. The number of rotatable bonds is 3. The van der Waals surface area contributed by atoms with Crippen molar-refractivity contribution in [1.29, 1.82) is 0 Å². The molecule has 0 saturated heterocycles. The third-order valence-electron chi connectivity index (χ3n) is 1.57. The SMILES string of the molecule is CC(C(=O)O)c1ncc(CF)[nH]1. The Hall–Kier alpha value is -1.39. The molecule has 12 heavy (non-hydrogen) atoms. The Morgan fingerprint density at radius 1 is 1.92 bits per heavy atom. The molecule has 66 valence electrons. The predicted octanol–water partition coefficient (Wildman–Crippen LogP) is 1.07. The fraction of sp³-hybridized carbons (Fsp3) is 0.429. The van der Waals surface area contributed by atoms with Crippen LogP contribution in [0.5, 0.6) is 0 Å². The zero-order chi connectivity index (χ0) is 9.14. The van der Waals surface area contributed by atoms with Crippen LogP contribution < -0.4 is 0 Å². The molecule has 1 unspecified atom stereocenters. The molecule has 2 N–H and O–H groups in total. The fourth-order valence-electron chi connectivity index (χ4n) is 0.781. The van der Waals surface area contributed by atoms with Crippen LogP contribution in [0.1, 0.15) is 24.4 Å². The molecule has 0 aliphatic rings. The van der Waals surface area contributed by atoms with Crippen LogP contribution in [0, 0.1) is 0 Å². The van der Waals surface area contributed by atoms with Crippen LogP contribution >= 0.6 is 0 Å². The smallest absolute Gasteiger partial charge is 0.313 e. The predicted molar refractivity (Wildman–Crippen MR) is 39.5 cm³/mol. The van der Waals surface area contributed by atoms with Crippen molar-refractivity contribution in [2.75, 3.05) is 0 Å². The second kappa shape index (κ2) is 3.34. The number of halogens is 1. The van der Waals surface area contributed by atoms with Crippen LogP contribution in [-0.4, -0.2) is 21.0 Å². The Kier molecular flexibility index (Phi) is 2.42. The summed E-state index contributed by atoms with van der Waals surface area (Å²) in [5.74, 6) is -1.41. The van der Waals surface area contributed by atoms with Gasteiger partial charge in [-0.3, -0.25) is 4.79 Å². The molecule has 0 radical (unpaired) electrons. The number of nitrogens with zero attached hydrogens (tertiary/aromatic N) is 1. The van der Waals surface area contributed by atoms with E-state index < -0.39 is 18.6 Å². The molecule has 0 fully saturated rings. The van der Waals surface area contributed by atoms with Gasteiger partial charge in [0.1, 0.15) is 18.4 Å². The zero-order valence-corrected chi connectivity index (χ0v) is 6.54. The van der Waals surface area contributed by atoms with Crippen molar-refractivity contribution in [1.82, 2.24) is 9.97 Å². The first-order valence-electron chi connectivity index (χ1n) is 3.47. The minimum atomic E-state index is -0.977. The van der Waals surface area contributed by atoms with Gasteiger partial charge in [-0.1, -0.05) is 0 Å². The van der Waals surface area contributed by atoms with E-state index in [-0.39, 0.29) is 5.82 Å². The van der Waals surface area contributed by atoms with E-state index in [9.17, 15) is 9.18 Å². The van der Waals surface area contributed by atoms with E-state index in [1.165, 1.54) is 13.1 Å². The van der Waals surface area contributed by atoms with Crippen molar-refractivity contribution in [3.05, 3.63) is 17.7 Å². The van der Waals surface area contributed by atoms with E-state index in [1.807, 2.05) is 0 Å². The average molecular weight is 172 g/mol. The van der Waals surface area contributed by atoms with E-state index in [4.69, 9.17) is 5.11 Å². The molecule has 1 atom stereocenters.